The number of rotatable bonds is 4. The van der Waals surface area contributed by atoms with Gasteiger partial charge in [0.2, 0.25) is 11.9 Å². The number of nitrogens with one attached hydrogen (secondary N) is 1. The van der Waals surface area contributed by atoms with E-state index in [-0.39, 0.29) is 35.5 Å². The van der Waals surface area contributed by atoms with Gasteiger partial charge in [-0.25, -0.2) is 9.97 Å². The Bertz CT molecular complexity index is 920. The molecule has 2 heterocycles. The van der Waals surface area contributed by atoms with Crippen LogP contribution in [0.1, 0.15) is 69.8 Å². The summed E-state index contributed by atoms with van der Waals surface area (Å²) >= 11 is 0. The van der Waals surface area contributed by atoms with Crippen molar-refractivity contribution >= 4 is 11.9 Å². The Balaban J connectivity index is 1.56. The molecular weight excluding hydrogens is 388 g/mol. The number of nitrogens with zero attached hydrogens (tertiary/aromatic N) is 3. The minimum Gasteiger partial charge on any atom is -0.372 e. The highest BCUT2D eigenvalue weighted by Gasteiger charge is 2.36. The van der Waals surface area contributed by atoms with E-state index in [0.717, 1.165) is 48.7 Å². The van der Waals surface area contributed by atoms with Gasteiger partial charge in [0.05, 0.1) is 29.9 Å². The van der Waals surface area contributed by atoms with Crippen LogP contribution < -0.4 is 10.2 Å². The Hall–Kier alpha value is -2.47. The average molecular weight is 423 g/mol. The number of carbonyl (C=O) groups is 1. The zero-order valence-corrected chi connectivity index (χ0v) is 19.3. The molecule has 6 heteroatoms. The first-order valence-electron chi connectivity index (χ1n) is 11.3. The maximum absolute atomic E-state index is 13.0. The van der Waals surface area contributed by atoms with E-state index in [1.54, 1.807) is 0 Å². The minimum atomic E-state index is -0.203. The number of fused-ring (bicyclic) bond motifs is 1. The lowest BCUT2D eigenvalue weighted by atomic mass is 9.74. The Morgan fingerprint density at radius 2 is 1.87 bits per heavy atom. The molecule has 6 nitrogen and oxygen atoms in total. The van der Waals surface area contributed by atoms with Gasteiger partial charge in [-0.15, -0.1) is 0 Å². The van der Waals surface area contributed by atoms with Crippen molar-refractivity contribution in [2.24, 2.45) is 5.41 Å². The van der Waals surface area contributed by atoms with Crippen molar-refractivity contribution in [2.75, 3.05) is 18.0 Å². The van der Waals surface area contributed by atoms with Crippen LogP contribution in [0.15, 0.2) is 36.5 Å². The number of hydrogen-bond donors (Lipinski definition) is 1. The number of amides is 1. The molecule has 0 radical (unpaired) electrons. The molecule has 4 atom stereocenters. The normalized spacial score (nSPS) is 26.1. The largest absolute Gasteiger partial charge is 0.372 e. The van der Waals surface area contributed by atoms with Gasteiger partial charge in [-0.05, 0) is 44.6 Å². The van der Waals surface area contributed by atoms with E-state index in [9.17, 15) is 4.79 Å². The third-order valence-electron chi connectivity index (χ3n) is 6.38. The maximum atomic E-state index is 13.0. The number of carbonyl (C=O) groups excluding carboxylic acids is 1. The van der Waals surface area contributed by atoms with Gasteiger partial charge in [0, 0.05) is 24.8 Å². The minimum absolute atomic E-state index is 0.0414. The van der Waals surface area contributed by atoms with Crippen LogP contribution >= 0.6 is 0 Å². The van der Waals surface area contributed by atoms with Gasteiger partial charge in [0.1, 0.15) is 0 Å². The lowest BCUT2D eigenvalue weighted by molar-refractivity contribution is -0.123. The average Bonchev–Trinajstić information content (AvgIpc) is 2.71. The predicted molar refractivity (Wildman–Crippen MR) is 122 cm³/mol. The molecule has 1 fully saturated rings. The number of hydrogen-bond acceptors (Lipinski definition) is 5. The third-order valence-corrected chi connectivity index (χ3v) is 6.38. The molecule has 1 amide bonds. The van der Waals surface area contributed by atoms with E-state index in [1.165, 1.54) is 0 Å². The van der Waals surface area contributed by atoms with Crippen LogP contribution in [0.3, 0.4) is 0 Å². The highest BCUT2D eigenvalue weighted by molar-refractivity contribution is 5.83. The molecule has 31 heavy (non-hydrogen) atoms. The summed E-state index contributed by atoms with van der Waals surface area (Å²) in [4.78, 5) is 24.9. The second-order valence-electron chi connectivity index (χ2n) is 9.97. The standard InChI is InChI=1S/C25H34N4O2/c1-16-14-29(15-17(2)31-16)24-26-13-20-21(11-25(4,5)12-22(20)28-24)27-23(30)18(3)19-9-7-6-8-10-19/h6-10,13,16-18,21H,11-12,14-15H2,1-5H3,(H,27,30)/t16-,17+,18-,21+/m1/s1. The first kappa shape index (κ1) is 21.8. The van der Waals surface area contributed by atoms with E-state index in [2.05, 4.69) is 37.9 Å². The van der Waals surface area contributed by atoms with E-state index < -0.39 is 0 Å². The van der Waals surface area contributed by atoms with Crippen LogP contribution in [-0.4, -0.2) is 41.2 Å². The zero-order valence-electron chi connectivity index (χ0n) is 19.3. The van der Waals surface area contributed by atoms with E-state index in [4.69, 9.17) is 14.7 Å². The van der Waals surface area contributed by atoms with Crippen molar-refractivity contribution in [1.82, 2.24) is 15.3 Å². The molecule has 166 valence electrons. The fraction of sp³-hybridized carbons (Fsp3) is 0.560. The van der Waals surface area contributed by atoms with Gasteiger partial charge >= 0.3 is 0 Å². The van der Waals surface area contributed by atoms with Crippen LogP contribution in [0, 0.1) is 5.41 Å². The molecule has 1 aromatic heterocycles. The lowest BCUT2D eigenvalue weighted by Gasteiger charge is -2.38. The molecule has 4 rings (SSSR count). The molecule has 1 aliphatic heterocycles. The summed E-state index contributed by atoms with van der Waals surface area (Å²) in [6.07, 6.45) is 4.00. The molecule has 0 bridgehead atoms. The molecule has 0 unspecified atom stereocenters. The first-order valence-corrected chi connectivity index (χ1v) is 11.3. The number of benzene rings is 1. The van der Waals surface area contributed by atoms with Gasteiger partial charge in [-0.2, -0.15) is 0 Å². The van der Waals surface area contributed by atoms with Crippen molar-refractivity contribution in [3.63, 3.8) is 0 Å². The van der Waals surface area contributed by atoms with Crippen LogP contribution in [0.4, 0.5) is 5.95 Å². The van der Waals surface area contributed by atoms with Crippen molar-refractivity contribution in [1.29, 1.82) is 0 Å². The topological polar surface area (TPSA) is 67.4 Å². The molecule has 2 aliphatic rings. The van der Waals surface area contributed by atoms with Crippen LogP contribution in [0.5, 0.6) is 0 Å². The molecule has 1 saturated heterocycles. The van der Waals surface area contributed by atoms with Gasteiger partial charge in [-0.3, -0.25) is 4.79 Å². The molecule has 1 aromatic carbocycles. The summed E-state index contributed by atoms with van der Waals surface area (Å²) in [7, 11) is 0. The van der Waals surface area contributed by atoms with E-state index in [0.29, 0.717) is 0 Å². The Morgan fingerprint density at radius 3 is 2.55 bits per heavy atom. The summed E-state index contributed by atoms with van der Waals surface area (Å²) in [5, 5.41) is 3.29. The van der Waals surface area contributed by atoms with Crippen molar-refractivity contribution in [3.05, 3.63) is 53.3 Å². The molecule has 0 spiro atoms. The molecule has 1 aliphatic carbocycles. The Labute approximate surface area is 185 Å². The second kappa shape index (κ2) is 8.58. The predicted octanol–water partition coefficient (Wildman–Crippen LogP) is 4.02. The maximum Gasteiger partial charge on any atom is 0.227 e. The highest BCUT2D eigenvalue weighted by Crippen LogP contribution is 2.40. The summed E-state index contributed by atoms with van der Waals surface area (Å²) in [5.74, 6) is 0.604. The lowest BCUT2D eigenvalue weighted by Crippen LogP contribution is -2.46. The number of anilines is 1. The van der Waals surface area contributed by atoms with Gasteiger partial charge in [0.25, 0.3) is 0 Å². The van der Waals surface area contributed by atoms with Crippen LogP contribution in [-0.2, 0) is 16.0 Å². The van der Waals surface area contributed by atoms with E-state index in [1.807, 2.05) is 43.5 Å². The first-order chi connectivity index (χ1) is 14.7. The SMILES string of the molecule is C[C@@H]1CN(c2ncc3c(n2)CC(C)(C)C[C@@H]3NC(=O)[C@H](C)c2ccccc2)C[C@H](C)O1. The third kappa shape index (κ3) is 4.90. The van der Waals surface area contributed by atoms with Crippen molar-refractivity contribution in [3.8, 4) is 0 Å². The number of ether oxygens (including phenoxy) is 1. The second-order valence-corrected chi connectivity index (χ2v) is 9.97. The fourth-order valence-electron chi connectivity index (χ4n) is 4.85. The summed E-state index contributed by atoms with van der Waals surface area (Å²) in [5.41, 5.74) is 3.17. The Morgan fingerprint density at radius 1 is 1.19 bits per heavy atom. The molecular formula is C25H34N4O2. The number of aromatic nitrogens is 2. The summed E-state index contributed by atoms with van der Waals surface area (Å²) in [6.45, 7) is 12.2. The zero-order chi connectivity index (χ0) is 22.2. The molecule has 2 aromatic rings. The van der Waals surface area contributed by atoms with Gasteiger partial charge in [0.15, 0.2) is 0 Å². The summed E-state index contributed by atoms with van der Waals surface area (Å²) in [6, 6.07) is 9.85. The number of morpholine rings is 1. The fourth-order valence-corrected chi connectivity index (χ4v) is 4.85. The van der Waals surface area contributed by atoms with E-state index >= 15 is 0 Å². The molecule has 0 saturated carbocycles. The Kier molecular flexibility index (Phi) is 6.02. The quantitative estimate of drug-likeness (QED) is 0.806. The molecule has 1 N–H and O–H groups in total. The van der Waals surface area contributed by atoms with Crippen molar-refractivity contribution < 1.29 is 9.53 Å². The highest BCUT2D eigenvalue weighted by atomic mass is 16.5. The summed E-state index contributed by atoms with van der Waals surface area (Å²) < 4.78 is 5.86. The smallest absolute Gasteiger partial charge is 0.227 e. The van der Waals surface area contributed by atoms with Gasteiger partial charge in [-0.1, -0.05) is 44.2 Å². The van der Waals surface area contributed by atoms with Crippen LogP contribution in [0.2, 0.25) is 0 Å². The van der Waals surface area contributed by atoms with Crippen molar-refractivity contribution in [2.45, 2.75) is 71.6 Å². The monoisotopic (exact) mass is 422 g/mol. The van der Waals surface area contributed by atoms with Crippen LogP contribution in [0.25, 0.3) is 0 Å². The van der Waals surface area contributed by atoms with Gasteiger partial charge < -0.3 is 15.0 Å².